The molecule has 0 aliphatic carbocycles. The van der Waals surface area contributed by atoms with Crippen molar-refractivity contribution in [1.29, 1.82) is 0 Å². The van der Waals surface area contributed by atoms with Crippen LogP contribution >= 0.6 is 0 Å². The second kappa shape index (κ2) is 10.2. The average Bonchev–Trinajstić information content (AvgIpc) is 2.73. The molecule has 7 nitrogen and oxygen atoms in total. The minimum Gasteiger partial charge on any atom is -0.492 e. The van der Waals surface area contributed by atoms with Gasteiger partial charge in [-0.05, 0) is 50.3 Å². The molecule has 3 N–H and O–H groups in total. The molecular weight excluding hydrogens is 397 g/mol. The van der Waals surface area contributed by atoms with Crippen LogP contribution in [0.25, 0.3) is 10.9 Å². The largest absolute Gasteiger partial charge is 0.492 e. The Morgan fingerprint density at radius 2 is 2.06 bits per heavy atom. The highest BCUT2D eigenvalue weighted by atomic mass is 19.1. The predicted octanol–water partition coefficient (Wildman–Crippen LogP) is 3.76. The summed E-state index contributed by atoms with van der Waals surface area (Å²) in [6.45, 7) is 3.24. The molecule has 0 radical (unpaired) electrons. The molecule has 0 fully saturated rings. The van der Waals surface area contributed by atoms with E-state index in [2.05, 4.69) is 22.2 Å². The summed E-state index contributed by atoms with van der Waals surface area (Å²) in [5, 5.41) is 4.02. The standard InChI is InChI=1S/C23H28FN5O2/c1-4-6-20(15-7-5-8-16(24)11-15)28-23-19-13-17(31-10-9-29(2)3)12-18(22(25)30)21(19)26-14-27-23/h5,7-8,11-14,20H,4,6,9-10H2,1-3H3,(H2,25,30)(H,26,27,28). The van der Waals surface area contributed by atoms with Gasteiger partial charge in [0.15, 0.2) is 0 Å². The third kappa shape index (κ3) is 5.67. The Hall–Kier alpha value is -3.26. The lowest BCUT2D eigenvalue weighted by Gasteiger charge is -2.21. The maximum Gasteiger partial charge on any atom is 0.251 e. The number of amides is 1. The van der Waals surface area contributed by atoms with Crippen LogP contribution in [0, 0.1) is 5.82 Å². The molecule has 1 amide bonds. The summed E-state index contributed by atoms with van der Waals surface area (Å²) in [5.41, 5.74) is 7.14. The summed E-state index contributed by atoms with van der Waals surface area (Å²) in [6, 6.07) is 9.75. The summed E-state index contributed by atoms with van der Waals surface area (Å²) in [5.74, 6) is 0.163. The van der Waals surface area contributed by atoms with Gasteiger partial charge in [0.1, 0.15) is 30.3 Å². The number of carbonyl (C=O) groups is 1. The van der Waals surface area contributed by atoms with E-state index in [1.54, 1.807) is 18.2 Å². The van der Waals surface area contributed by atoms with Crippen LogP contribution in [0.2, 0.25) is 0 Å². The lowest BCUT2D eigenvalue weighted by atomic mass is 10.0. The number of hydrogen-bond donors (Lipinski definition) is 2. The van der Waals surface area contributed by atoms with Crippen molar-refractivity contribution in [3.8, 4) is 5.75 Å². The summed E-state index contributed by atoms with van der Waals surface area (Å²) in [4.78, 5) is 22.8. The van der Waals surface area contributed by atoms with Crippen LogP contribution in [0.4, 0.5) is 10.2 Å². The zero-order valence-corrected chi connectivity index (χ0v) is 18.1. The monoisotopic (exact) mass is 425 g/mol. The number of anilines is 1. The third-order valence-electron chi connectivity index (χ3n) is 4.92. The van der Waals surface area contributed by atoms with E-state index in [9.17, 15) is 9.18 Å². The first-order valence-corrected chi connectivity index (χ1v) is 10.3. The first-order chi connectivity index (χ1) is 14.9. The normalized spacial score (nSPS) is 12.2. The lowest BCUT2D eigenvalue weighted by molar-refractivity contribution is 0.100. The predicted molar refractivity (Wildman–Crippen MR) is 120 cm³/mol. The maximum atomic E-state index is 13.8. The quantitative estimate of drug-likeness (QED) is 0.514. The smallest absolute Gasteiger partial charge is 0.251 e. The highest BCUT2D eigenvalue weighted by Crippen LogP contribution is 2.31. The molecule has 8 heteroatoms. The molecule has 1 unspecified atom stereocenters. The first kappa shape index (κ1) is 22.4. The van der Waals surface area contributed by atoms with Crippen LogP contribution in [0.15, 0.2) is 42.7 Å². The fraction of sp³-hybridized carbons (Fsp3) is 0.348. The van der Waals surface area contributed by atoms with Crippen LogP contribution in [-0.4, -0.2) is 48.0 Å². The van der Waals surface area contributed by atoms with Gasteiger partial charge in [0.05, 0.1) is 17.1 Å². The van der Waals surface area contributed by atoms with E-state index in [1.807, 2.05) is 25.1 Å². The minimum atomic E-state index is -0.594. The van der Waals surface area contributed by atoms with Gasteiger partial charge in [0, 0.05) is 11.9 Å². The number of likely N-dealkylation sites (N-methyl/N-ethyl adjacent to an activating group) is 1. The molecule has 0 aliphatic rings. The van der Waals surface area contributed by atoms with E-state index in [0.29, 0.717) is 29.1 Å². The van der Waals surface area contributed by atoms with E-state index in [1.165, 1.54) is 18.5 Å². The van der Waals surface area contributed by atoms with Gasteiger partial charge in [-0.25, -0.2) is 14.4 Å². The van der Waals surface area contributed by atoms with Crippen molar-refractivity contribution in [2.24, 2.45) is 5.73 Å². The van der Waals surface area contributed by atoms with Crippen molar-refractivity contribution >= 4 is 22.6 Å². The lowest BCUT2D eigenvalue weighted by Crippen LogP contribution is -2.20. The molecule has 3 aromatic rings. The number of aromatic nitrogens is 2. The zero-order chi connectivity index (χ0) is 22.4. The van der Waals surface area contributed by atoms with Gasteiger partial charge in [-0.3, -0.25) is 4.79 Å². The topological polar surface area (TPSA) is 93.4 Å². The Labute approximate surface area is 181 Å². The summed E-state index contributed by atoms with van der Waals surface area (Å²) < 4.78 is 19.6. The van der Waals surface area contributed by atoms with Crippen LogP contribution in [0.5, 0.6) is 5.75 Å². The van der Waals surface area contributed by atoms with Crippen molar-refractivity contribution in [3.63, 3.8) is 0 Å². The first-order valence-electron chi connectivity index (χ1n) is 10.3. The second-order valence-electron chi connectivity index (χ2n) is 7.65. The van der Waals surface area contributed by atoms with Crippen LogP contribution in [0.1, 0.15) is 41.7 Å². The number of fused-ring (bicyclic) bond motifs is 1. The number of primary amides is 1. The number of nitrogens with zero attached hydrogens (tertiary/aromatic N) is 3. The minimum absolute atomic E-state index is 0.158. The van der Waals surface area contributed by atoms with Crippen molar-refractivity contribution in [2.75, 3.05) is 32.6 Å². The molecule has 3 rings (SSSR count). The fourth-order valence-electron chi connectivity index (χ4n) is 3.37. The molecule has 2 aromatic carbocycles. The van der Waals surface area contributed by atoms with E-state index in [-0.39, 0.29) is 17.4 Å². The number of carbonyl (C=O) groups excluding carboxylic acids is 1. The third-order valence-corrected chi connectivity index (χ3v) is 4.92. The number of nitrogens with one attached hydrogen (secondary N) is 1. The maximum absolute atomic E-state index is 13.8. The van der Waals surface area contributed by atoms with Crippen molar-refractivity contribution in [1.82, 2.24) is 14.9 Å². The van der Waals surface area contributed by atoms with Crippen LogP contribution in [0.3, 0.4) is 0 Å². The Bertz CT molecular complexity index is 1060. The Morgan fingerprint density at radius 1 is 1.26 bits per heavy atom. The van der Waals surface area contributed by atoms with E-state index >= 15 is 0 Å². The second-order valence-corrected chi connectivity index (χ2v) is 7.65. The van der Waals surface area contributed by atoms with Gasteiger partial charge < -0.3 is 20.7 Å². The highest BCUT2D eigenvalue weighted by Gasteiger charge is 2.18. The van der Waals surface area contributed by atoms with Gasteiger partial charge in [-0.1, -0.05) is 25.5 Å². The molecule has 0 aliphatic heterocycles. The number of nitrogens with two attached hydrogens (primary N) is 1. The molecule has 0 spiro atoms. The van der Waals surface area contributed by atoms with Gasteiger partial charge >= 0.3 is 0 Å². The van der Waals surface area contributed by atoms with Crippen LogP contribution in [-0.2, 0) is 0 Å². The zero-order valence-electron chi connectivity index (χ0n) is 18.1. The molecule has 164 valence electrons. The van der Waals surface area contributed by atoms with Crippen LogP contribution < -0.4 is 15.8 Å². The van der Waals surface area contributed by atoms with E-state index in [0.717, 1.165) is 24.9 Å². The van der Waals surface area contributed by atoms with E-state index < -0.39 is 5.91 Å². The number of ether oxygens (including phenoxy) is 1. The van der Waals surface area contributed by atoms with Gasteiger partial charge in [0.2, 0.25) is 0 Å². The summed E-state index contributed by atoms with van der Waals surface area (Å²) in [7, 11) is 3.91. The molecule has 1 aromatic heterocycles. The average molecular weight is 426 g/mol. The highest BCUT2D eigenvalue weighted by molar-refractivity contribution is 6.07. The molecule has 31 heavy (non-hydrogen) atoms. The number of halogens is 1. The fourth-order valence-corrected chi connectivity index (χ4v) is 3.37. The van der Waals surface area contributed by atoms with Gasteiger partial charge in [0.25, 0.3) is 5.91 Å². The number of rotatable bonds is 10. The SMILES string of the molecule is CCCC(Nc1ncnc2c(C(N)=O)cc(OCCN(C)C)cc12)c1cccc(F)c1. The Balaban J connectivity index is 2.02. The molecule has 1 heterocycles. The number of hydrogen-bond acceptors (Lipinski definition) is 6. The van der Waals surface area contributed by atoms with Gasteiger partial charge in [-0.2, -0.15) is 0 Å². The molecule has 1 atom stereocenters. The Morgan fingerprint density at radius 3 is 2.74 bits per heavy atom. The van der Waals surface area contributed by atoms with Gasteiger partial charge in [-0.15, -0.1) is 0 Å². The van der Waals surface area contributed by atoms with Crippen molar-refractivity contribution in [2.45, 2.75) is 25.8 Å². The summed E-state index contributed by atoms with van der Waals surface area (Å²) >= 11 is 0. The molecule has 0 bridgehead atoms. The van der Waals surface area contributed by atoms with E-state index in [4.69, 9.17) is 10.5 Å². The molecule has 0 saturated carbocycles. The summed E-state index contributed by atoms with van der Waals surface area (Å²) in [6.07, 6.45) is 3.05. The Kier molecular flexibility index (Phi) is 7.36. The van der Waals surface area contributed by atoms with Crippen molar-refractivity contribution < 1.29 is 13.9 Å². The molecule has 0 saturated heterocycles. The van der Waals surface area contributed by atoms with Crippen molar-refractivity contribution in [3.05, 3.63) is 59.7 Å². The molecular formula is C23H28FN5O2. The number of benzene rings is 2.